The third-order valence-electron chi connectivity index (χ3n) is 2.70. The number of nitrogens with two attached hydrogens (primary N) is 1. The van der Waals surface area contributed by atoms with Gasteiger partial charge in [-0.1, -0.05) is 12.5 Å². The van der Waals surface area contributed by atoms with E-state index in [9.17, 15) is 5.11 Å². The molecule has 0 saturated carbocycles. The second kappa shape index (κ2) is 3.38. The Balaban J connectivity index is 2.43. The first kappa shape index (κ1) is 8.57. The maximum absolute atomic E-state index is 9.81. The van der Waals surface area contributed by atoms with Crippen molar-refractivity contribution in [3.8, 4) is 0 Å². The van der Waals surface area contributed by atoms with Crippen LogP contribution in [0.4, 0.5) is 5.69 Å². The number of hydrogen-bond donors (Lipinski definition) is 2. The van der Waals surface area contributed by atoms with E-state index in [0.717, 1.165) is 30.5 Å². The number of anilines is 1. The summed E-state index contributed by atoms with van der Waals surface area (Å²) in [6.45, 7) is 0. The van der Waals surface area contributed by atoms with Crippen molar-refractivity contribution in [1.82, 2.24) is 0 Å². The van der Waals surface area contributed by atoms with Gasteiger partial charge < -0.3 is 10.8 Å². The maximum Gasteiger partial charge on any atom is 0.0793 e. The van der Waals surface area contributed by atoms with Gasteiger partial charge in [0, 0.05) is 5.69 Å². The van der Waals surface area contributed by atoms with E-state index >= 15 is 0 Å². The molecule has 0 radical (unpaired) electrons. The van der Waals surface area contributed by atoms with E-state index < -0.39 is 0 Å². The number of benzene rings is 1. The highest BCUT2D eigenvalue weighted by molar-refractivity contribution is 5.46. The Labute approximate surface area is 78.4 Å². The van der Waals surface area contributed by atoms with Crippen LogP contribution in [0.25, 0.3) is 0 Å². The molecule has 1 aliphatic carbocycles. The number of hydrogen-bond acceptors (Lipinski definition) is 2. The molecule has 0 aliphatic heterocycles. The van der Waals surface area contributed by atoms with Crippen LogP contribution in [0.1, 0.15) is 36.5 Å². The van der Waals surface area contributed by atoms with Gasteiger partial charge in [0.05, 0.1) is 6.10 Å². The fourth-order valence-electron chi connectivity index (χ4n) is 1.96. The molecule has 0 bridgehead atoms. The smallest absolute Gasteiger partial charge is 0.0793 e. The molecule has 1 aliphatic rings. The number of nitrogen functional groups attached to an aromatic ring is 1. The molecule has 3 N–H and O–H groups in total. The third kappa shape index (κ3) is 1.68. The molecule has 0 spiro atoms. The van der Waals surface area contributed by atoms with Crippen molar-refractivity contribution < 1.29 is 5.11 Å². The molecule has 0 saturated heterocycles. The number of fused-ring (bicyclic) bond motifs is 1. The highest BCUT2D eigenvalue weighted by Gasteiger charge is 2.15. The predicted octanol–water partition coefficient (Wildman–Crippen LogP) is 2.03. The SMILES string of the molecule is Nc1ccc2c(c1)C(O)CCCC2. The molecule has 1 atom stereocenters. The van der Waals surface area contributed by atoms with Gasteiger partial charge in [-0.05, 0) is 42.5 Å². The topological polar surface area (TPSA) is 46.2 Å². The van der Waals surface area contributed by atoms with Gasteiger partial charge in [0.1, 0.15) is 0 Å². The molecule has 0 amide bonds. The maximum atomic E-state index is 9.81. The average molecular weight is 177 g/mol. The van der Waals surface area contributed by atoms with E-state index in [2.05, 4.69) is 0 Å². The second-order valence-electron chi connectivity index (χ2n) is 3.72. The average Bonchev–Trinajstić information content (AvgIpc) is 2.29. The van der Waals surface area contributed by atoms with Crippen LogP contribution in [0.2, 0.25) is 0 Å². The van der Waals surface area contributed by atoms with E-state index in [-0.39, 0.29) is 6.10 Å². The van der Waals surface area contributed by atoms with Crippen LogP contribution in [0, 0.1) is 0 Å². The minimum absolute atomic E-state index is 0.305. The fraction of sp³-hybridized carbons (Fsp3) is 0.455. The van der Waals surface area contributed by atoms with Crippen LogP contribution in [0.3, 0.4) is 0 Å². The summed E-state index contributed by atoms with van der Waals surface area (Å²) in [5.74, 6) is 0. The van der Waals surface area contributed by atoms with Gasteiger partial charge in [-0.15, -0.1) is 0 Å². The molecule has 2 rings (SSSR count). The quantitative estimate of drug-likeness (QED) is 0.470. The van der Waals surface area contributed by atoms with Gasteiger partial charge in [0.15, 0.2) is 0 Å². The first-order valence-corrected chi connectivity index (χ1v) is 4.84. The molecule has 2 heteroatoms. The van der Waals surface area contributed by atoms with E-state index in [1.165, 1.54) is 12.0 Å². The molecule has 0 fully saturated rings. The fourth-order valence-corrected chi connectivity index (χ4v) is 1.96. The Hall–Kier alpha value is -1.02. The van der Waals surface area contributed by atoms with Crippen molar-refractivity contribution in [3.05, 3.63) is 29.3 Å². The first-order valence-electron chi connectivity index (χ1n) is 4.84. The highest BCUT2D eigenvalue weighted by Crippen LogP contribution is 2.29. The normalized spacial score (nSPS) is 22.1. The van der Waals surface area contributed by atoms with Crippen molar-refractivity contribution in [3.63, 3.8) is 0 Å². The molecule has 0 heterocycles. The molecule has 1 aromatic carbocycles. The number of aliphatic hydroxyl groups excluding tert-OH is 1. The summed E-state index contributed by atoms with van der Waals surface area (Å²) in [4.78, 5) is 0. The molecule has 70 valence electrons. The van der Waals surface area contributed by atoms with Crippen molar-refractivity contribution in [2.24, 2.45) is 0 Å². The molecule has 1 aromatic rings. The van der Waals surface area contributed by atoms with Crippen molar-refractivity contribution in [2.75, 3.05) is 5.73 Å². The third-order valence-corrected chi connectivity index (χ3v) is 2.70. The Bertz CT molecular complexity index is 309. The van der Waals surface area contributed by atoms with Crippen molar-refractivity contribution in [1.29, 1.82) is 0 Å². The van der Waals surface area contributed by atoms with Crippen LogP contribution in [0.15, 0.2) is 18.2 Å². The summed E-state index contributed by atoms with van der Waals surface area (Å²) in [5.41, 5.74) is 8.74. The standard InChI is InChI=1S/C11H15NO/c12-9-6-5-8-3-1-2-4-11(13)10(8)7-9/h5-7,11,13H,1-4,12H2. The van der Waals surface area contributed by atoms with Crippen molar-refractivity contribution in [2.45, 2.75) is 31.8 Å². The highest BCUT2D eigenvalue weighted by atomic mass is 16.3. The monoisotopic (exact) mass is 177 g/mol. The van der Waals surface area contributed by atoms with Crippen LogP contribution < -0.4 is 5.73 Å². The van der Waals surface area contributed by atoms with E-state index in [4.69, 9.17) is 5.73 Å². The second-order valence-corrected chi connectivity index (χ2v) is 3.72. The van der Waals surface area contributed by atoms with E-state index in [1.54, 1.807) is 0 Å². The van der Waals surface area contributed by atoms with Gasteiger partial charge in [0.25, 0.3) is 0 Å². The van der Waals surface area contributed by atoms with Gasteiger partial charge in [-0.25, -0.2) is 0 Å². The molecule has 13 heavy (non-hydrogen) atoms. The van der Waals surface area contributed by atoms with Crippen LogP contribution >= 0.6 is 0 Å². The zero-order valence-corrected chi connectivity index (χ0v) is 7.66. The summed E-state index contributed by atoms with van der Waals surface area (Å²) in [6, 6.07) is 5.86. The van der Waals surface area contributed by atoms with Gasteiger partial charge in [0.2, 0.25) is 0 Å². The lowest BCUT2D eigenvalue weighted by molar-refractivity contribution is 0.166. The Morgan fingerprint density at radius 1 is 1.31 bits per heavy atom. The molecule has 0 aromatic heterocycles. The van der Waals surface area contributed by atoms with E-state index in [1.807, 2.05) is 18.2 Å². The predicted molar refractivity (Wildman–Crippen MR) is 53.4 cm³/mol. The number of rotatable bonds is 0. The zero-order chi connectivity index (χ0) is 9.26. The van der Waals surface area contributed by atoms with Crippen molar-refractivity contribution >= 4 is 5.69 Å². The minimum Gasteiger partial charge on any atom is -0.399 e. The van der Waals surface area contributed by atoms with Crippen LogP contribution in [-0.2, 0) is 6.42 Å². The molecule has 2 nitrogen and oxygen atoms in total. The van der Waals surface area contributed by atoms with Crippen LogP contribution in [0.5, 0.6) is 0 Å². The number of aliphatic hydroxyl groups is 1. The Morgan fingerprint density at radius 2 is 2.15 bits per heavy atom. The van der Waals surface area contributed by atoms with Crippen LogP contribution in [-0.4, -0.2) is 5.11 Å². The van der Waals surface area contributed by atoms with Gasteiger partial charge >= 0.3 is 0 Å². The summed E-state index contributed by atoms with van der Waals surface area (Å²) < 4.78 is 0. The summed E-state index contributed by atoms with van der Waals surface area (Å²) >= 11 is 0. The first-order chi connectivity index (χ1) is 6.27. The van der Waals surface area contributed by atoms with Gasteiger partial charge in [-0.3, -0.25) is 0 Å². The lowest BCUT2D eigenvalue weighted by Gasteiger charge is -2.11. The largest absolute Gasteiger partial charge is 0.399 e. The molecular formula is C11H15NO. The Morgan fingerprint density at radius 3 is 3.00 bits per heavy atom. The van der Waals surface area contributed by atoms with E-state index in [0.29, 0.717) is 0 Å². The lowest BCUT2D eigenvalue weighted by Crippen LogP contribution is -2.00. The Kier molecular flexibility index (Phi) is 2.23. The zero-order valence-electron chi connectivity index (χ0n) is 7.66. The summed E-state index contributed by atoms with van der Waals surface area (Å²) in [5, 5.41) is 9.81. The number of aryl methyl sites for hydroxylation is 1. The lowest BCUT2D eigenvalue weighted by atomic mass is 10.0. The molecular weight excluding hydrogens is 162 g/mol. The summed E-state index contributed by atoms with van der Waals surface area (Å²) in [7, 11) is 0. The molecule has 1 unspecified atom stereocenters. The minimum atomic E-state index is -0.305. The van der Waals surface area contributed by atoms with Gasteiger partial charge in [-0.2, -0.15) is 0 Å². The summed E-state index contributed by atoms with van der Waals surface area (Å²) in [6.07, 6.45) is 3.92.